The summed E-state index contributed by atoms with van der Waals surface area (Å²) in [7, 11) is 1.60. The first-order chi connectivity index (χ1) is 19.1. The average molecular weight is 566 g/mol. The fourth-order valence-electron chi connectivity index (χ4n) is 4.75. The summed E-state index contributed by atoms with van der Waals surface area (Å²) >= 11 is 0. The molecule has 40 heavy (non-hydrogen) atoms. The Morgan fingerprint density at radius 1 is 1.07 bits per heavy atom. The van der Waals surface area contributed by atoms with Gasteiger partial charge in [0.15, 0.2) is 0 Å². The van der Waals surface area contributed by atoms with E-state index in [0.29, 0.717) is 25.6 Å². The van der Waals surface area contributed by atoms with Crippen molar-refractivity contribution >= 4 is 12.1 Å². The van der Waals surface area contributed by atoms with Gasteiger partial charge in [-0.1, -0.05) is 62.4 Å². The Bertz CT molecular complexity index is 843. The topological polar surface area (TPSA) is 130 Å². The van der Waals surface area contributed by atoms with Crippen molar-refractivity contribution in [1.29, 1.82) is 0 Å². The van der Waals surface area contributed by atoms with Gasteiger partial charge >= 0.3 is 12.1 Å². The molecule has 10 heteroatoms. The zero-order chi connectivity index (χ0) is 29.4. The lowest BCUT2D eigenvalue weighted by atomic mass is 9.83. The van der Waals surface area contributed by atoms with Gasteiger partial charge < -0.3 is 40.1 Å². The van der Waals surface area contributed by atoms with Crippen LogP contribution in [0, 0.1) is 5.92 Å². The van der Waals surface area contributed by atoms with Crippen LogP contribution in [0.3, 0.4) is 0 Å². The molecule has 0 heterocycles. The van der Waals surface area contributed by atoms with E-state index in [-0.39, 0.29) is 25.9 Å². The second-order valence-corrected chi connectivity index (χ2v) is 11.5. The zero-order valence-electron chi connectivity index (χ0n) is 25.0. The Hall–Kier alpha value is -2.24. The molecule has 10 nitrogen and oxygen atoms in total. The fraction of sp³-hybridized carbons (Fsp3) is 0.733. The van der Waals surface area contributed by atoms with Crippen molar-refractivity contribution < 1.29 is 33.3 Å². The van der Waals surface area contributed by atoms with Crippen LogP contribution in [-0.2, 0) is 35.1 Å². The number of carbonyl (C=O) groups is 2. The molecule has 1 amide bonds. The SMILES string of the molecule is COCCOCO[C@@H]([C@H](CC1CCCCC1)NC(=O)OC(C)(C)C)[C@@H](N)CNC(C)C(=O)OCc1ccccc1. The van der Waals surface area contributed by atoms with E-state index >= 15 is 0 Å². The first kappa shape index (κ1) is 34.0. The summed E-state index contributed by atoms with van der Waals surface area (Å²) in [5.41, 5.74) is 6.95. The highest BCUT2D eigenvalue weighted by Gasteiger charge is 2.34. The quantitative estimate of drug-likeness (QED) is 0.146. The molecule has 1 aliphatic rings. The maximum absolute atomic E-state index is 12.8. The van der Waals surface area contributed by atoms with E-state index in [1.165, 1.54) is 19.3 Å². The smallest absolute Gasteiger partial charge is 0.407 e. The van der Waals surface area contributed by atoms with E-state index < -0.39 is 35.9 Å². The van der Waals surface area contributed by atoms with Crippen molar-refractivity contribution in [3.63, 3.8) is 0 Å². The minimum absolute atomic E-state index is 0.00639. The lowest BCUT2D eigenvalue weighted by molar-refractivity contribution is -0.147. The van der Waals surface area contributed by atoms with E-state index in [4.69, 9.17) is 29.4 Å². The Morgan fingerprint density at radius 2 is 1.77 bits per heavy atom. The highest BCUT2D eigenvalue weighted by atomic mass is 16.7. The minimum Gasteiger partial charge on any atom is -0.460 e. The number of hydrogen-bond donors (Lipinski definition) is 3. The van der Waals surface area contributed by atoms with Gasteiger partial charge in [0.1, 0.15) is 25.0 Å². The maximum Gasteiger partial charge on any atom is 0.407 e. The number of rotatable bonds is 17. The molecule has 1 aromatic carbocycles. The lowest BCUT2D eigenvalue weighted by Gasteiger charge is -2.36. The number of benzene rings is 1. The van der Waals surface area contributed by atoms with Crippen LogP contribution in [0.25, 0.3) is 0 Å². The number of hydrogen-bond acceptors (Lipinski definition) is 9. The second kappa shape index (κ2) is 18.2. The Kier molecular flexibility index (Phi) is 15.5. The number of carbonyl (C=O) groups excluding carboxylic acids is 2. The summed E-state index contributed by atoms with van der Waals surface area (Å²) in [4.78, 5) is 25.4. The fourth-order valence-corrected chi connectivity index (χ4v) is 4.75. The molecule has 2 rings (SSSR count). The van der Waals surface area contributed by atoms with E-state index in [1.807, 2.05) is 51.1 Å². The summed E-state index contributed by atoms with van der Waals surface area (Å²) in [6.07, 6.45) is 5.39. The van der Waals surface area contributed by atoms with Gasteiger partial charge in [0.2, 0.25) is 0 Å². The molecule has 0 spiro atoms. The van der Waals surface area contributed by atoms with E-state index in [2.05, 4.69) is 10.6 Å². The predicted octanol–water partition coefficient (Wildman–Crippen LogP) is 3.90. The summed E-state index contributed by atoms with van der Waals surface area (Å²) in [6, 6.07) is 7.99. The first-order valence-electron chi connectivity index (χ1n) is 14.5. The molecule has 4 atom stereocenters. The molecule has 1 fully saturated rings. The first-order valence-corrected chi connectivity index (χ1v) is 14.5. The van der Waals surface area contributed by atoms with Gasteiger partial charge in [-0.05, 0) is 45.6 Å². The van der Waals surface area contributed by atoms with E-state index in [1.54, 1.807) is 14.0 Å². The van der Waals surface area contributed by atoms with Gasteiger partial charge in [0, 0.05) is 19.7 Å². The third-order valence-electron chi connectivity index (χ3n) is 6.85. The summed E-state index contributed by atoms with van der Waals surface area (Å²) in [5.74, 6) is 0.0725. The number of nitrogens with one attached hydrogen (secondary N) is 2. The van der Waals surface area contributed by atoms with Crippen LogP contribution in [0.2, 0.25) is 0 Å². The number of nitrogens with two attached hydrogens (primary N) is 1. The lowest BCUT2D eigenvalue weighted by Crippen LogP contribution is -2.58. The van der Waals surface area contributed by atoms with Crippen molar-refractivity contribution in [2.45, 2.75) is 103 Å². The van der Waals surface area contributed by atoms with Gasteiger partial charge in [0.05, 0.1) is 25.4 Å². The van der Waals surface area contributed by atoms with Gasteiger partial charge in [-0.15, -0.1) is 0 Å². The molecule has 0 radical (unpaired) electrons. The van der Waals surface area contributed by atoms with Crippen LogP contribution in [0.1, 0.15) is 71.8 Å². The van der Waals surface area contributed by atoms with Gasteiger partial charge in [-0.25, -0.2) is 4.79 Å². The van der Waals surface area contributed by atoms with Crippen LogP contribution in [0.5, 0.6) is 0 Å². The van der Waals surface area contributed by atoms with Crippen LogP contribution >= 0.6 is 0 Å². The molecule has 0 aliphatic heterocycles. The van der Waals surface area contributed by atoms with Crippen molar-refractivity contribution in [3.8, 4) is 0 Å². The molecule has 0 saturated heterocycles. The van der Waals surface area contributed by atoms with Crippen LogP contribution in [0.4, 0.5) is 4.79 Å². The molecule has 1 unspecified atom stereocenters. The van der Waals surface area contributed by atoms with Crippen LogP contribution < -0.4 is 16.4 Å². The van der Waals surface area contributed by atoms with Gasteiger partial charge in [-0.2, -0.15) is 0 Å². The van der Waals surface area contributed by atoms with Gasteiger partial charge in [0.25, 0.3) is 0 Å². The molecule has 0 bridgehead atoms. The van der Waals surface area contributed by atoms with Crippen molar-refractivity contribution in [1.82, 2.24) is 10.6 Å². The van der Waals surface area contributed by atoms with Crippen molar-refractivity contribution in [3.05, 3.63) is 35.9 Å². The van der Waals surface area contributed by atoms with Gasteiger partial charge in [-0.3, -0.25) is 4.79 Å². The molecule has 1 saturated carbocycles. The number of esters is 1. The maximum atomic E-state index is 12.8. The Balaban J connectivity index is 2.06. The molecule has 4 N–H and O–H groups in total. The number of alkyl carbamates (subject to hydrolysis) is 1. The zero-order valence-corrected chi connectivity index (χ0v) is 25.0. The highest BCUT2D eigenvalue weighted by Crippen LogP contribution is 2.29. The normalized spacial score (nSPS) is 17.4. The van der Waals surface area contributed by atoms with E-state index in [9.17, 15) is 9.59 Å². The van der Waals surface area contributed by atoms with E-state index in [0.717, 1.165) is 18.4 Å². The molecule has 1 aliphatic carbocycles. The number of methoxy groups -OCH3 is 1. The van der Waals surface area contributed by atoms with Crippen LogP contribution in [0.15, 0.2) is 30.3 Å². The summed E-state index contributed by atoms with van der Waals surface area (Å²) in [6.45, 7) is 8.49. The second-order valence-electron chi connectivity index (χ2n) is 11.5. The molecule has 228 valence electrons. The largest absolute Gasteiger partial charge is 0.460 e. The predicted molar refractivity (Wildman–Crippen MR) is 154 cm³/mol. The third-order valence-corrected chi connectivity index (χ3v) is 6.85. The minimum atomic E-state index is -0.641. The third kappa shape index (κ3) is 13.9. The summed E-state index contributed by atoms with van der Waals surface area (Å²) < 4.78 is 27.8. The van der Waals surface area contributed by atoms with Crippen molar-refractivity contribution in [2.75, 3.05) is 33.7 Å². The Morgan fingerprint density at radius 3 is 2.42 bits per heavy atom. The number of ether oxygens (including phenoxy) is 5. The van der Waals surface area contributed by atoms with Crippen molar-refractivity contribution in [2.24, 2.45) is 11.7 Å². The summed E-state index contributed by atoms with van der Waals surface area (Å²) in [5, 5.41) is 6.21. The highest BCUT2D eigenvalue weighted by molar-refractivity contribution is 5.75. The molecular formula is C30H51N3O7. The monoisotopic (exact) mass is 565 g/mol. The molecule has 1 aromatic rings. The van der Waals surface area contributed by atoms with Crippen LogP contribution in [-0.4, -0.2) is 75.6 Å². The molecule has 0 aromatic heterocycles. The number of amides is 1. The average Bonchev–Trinajstić information content (AvgIpc) is 2.92. The molecular weight excluding hydrogens is 514 g/mol. The Labute approximate surface area is 240 Å². The standard InChI is InChI=1S/C30H51N3O7/c1-22(28(34)38-20-24-14-10-7-11-15-24)32-19-25(31)27(39-21-37-17-16-36-5)26(18-23-12-8-6-9-13-23)33-29(35)40-30(2,3)4/h7,10-11,14-15,22-23,25-27,32H,6,8-9,12-13,16-21,31H2,1-5H3,(H,33,35)/t22?,25-,26-,27+/m0/s1.